The summed E-state index contributed by atoms with van der Waals surface area (Å²) in [7, 11) is 0. The molecule has 0 amide bonds. The highest BCUT2D eigenvalue weighted by Gasteiger charge is 2.24. The van der Waals surface area contributed by atoms with E-state index in [1.165, 1.54) is 37.8 Å². The van der Waals surface area contributed by atoms with Crippen molar-refractivity contribution >= 4 is 38.2 Å². The van der Waals surface area contributed by atoms with Crippen LogP contribution in [0.25, 0.3) is 10.9 Å². The van der Waals surface area contributed by atoms with Crippen LogP contribution in [0, 0.1) is 0 Å². The number of benzene rings is 1. The van der Waals surface area contributed by atoms with E-state index in [1.54, 1.807) is 0 Å². The molecule has 2 aromatic rings. The zero-order chi connectivity index (χ0) is 14.8. The van der Waals surface area contributed by atoms with Crippen LogP contribution in [0.1, 0.15) is 39.0 Å². The number of piperidine rings is 1. The minimum absolute atomic E-state index is 0.640. The van der Waals surface area contributed by atoms with Gasteiger partial charge in [-0.25, -0.2) is 0 Å². The fraction of sp³-hybridized carbons (Fsp3) is 0.471. The van der Waals surface area contributed by atoms with E-state index in [4.69, 9.17) is 5.73 Å². The Labute approximate surface area is 134 Å². The van der Waals surface area contributed by atoms with Crippen LogP contribution in [0.2, 0.25) is 0 Å². The first kappa shape index (κ1) is 14.6. The van der Waals surface area contributed by atoms with E-state index < -0.39 is 0 Å². The number of pyridine rings is 1. The number of rotatable bonds is 3. The second-order valence-electron chi connectivity index (χ2n) is 5.86. The number of hydrogen-bond donors (Lipinski definition) is 1. The Kier molecular flexibility index (Phi) is 4.34. The minimum Gasteiger partial charge on any atom is -0.398 e. The van der Waals surface area contributed by atoms with Crippen molar-refractivity contribution in [2.45, 2.75) is 45.1 Å². The van der Waals surface area contributed by atoms with Gasteiger partial charge in [0.25, 0.3) is 0 Å². The minimum atomic E-state index is 0.640. The molecule has 1 fully saturated rings. The molecule has 0 saturated carbocycles. The van der Waals surface area contributed by atoms with Gasteiger partial charge in [-0.05, 0) is 59.8 Å². The maximum Gasteiger partial charge on any atom is 0.0956 e. The van der Waals surface area contributed by atoms with Crippen LogP contribution in [-0.2, 0) is 0 Å². The summed E-state index contributed by atoms with van der Waals surface area (Å²) in [5.74, 6) is 0. The van der Waals surface area contributed by atoms with E-state index in [0.29, 0.717) is 6.04 Å². The van der Waals surface area contributed by atoms with Crippen molar-refractivity contribution in [3.8, 4) is 0 Å². The largest absolute Gasteiger partial charge is 0.398 e. The first-order chi connectivity index (χ1) is 10.2. The van der Waals surface area contributed by atoms with Gasteiger partial charge in [-0.2, -0.15) is 0 Å². The molecule has 1 aliphatic heterocycles. The normalized spacial score (nSPS) is 19.1. The van der Waals surface area contributed by atoms with Gasteiger partial charge in [0.1, 0.15) is 0 Å². The van der Waals surface area contributed by atoms with Gasteiger partial charge in [-0.3, -0.25) is 4.98 Å². The molecule has 0 radical (unpaired) electrons. The van der Waals surface area contributed by atoms with Gasteiger partial charge in [-0.15, -0.1) is 0 Å². The maximum absolute atomic E-state index is 6.14. The SMILES string of the molecule is CCCC1CCCCN1c1ccc(N)c2cc(Br)cnc12. The Morgan fingerprint density at radius 2 is 2.24 bits per heavy atom. The number of fused-ring (bicyclic) bond motifs is 1. The number of hydrogen-bond acceptors (Lipinski definition) is 3. The average molecular weight is 348 g/mol. The van der Waals surface area contributed by atoms with E-state index in [-0.39, 0.29) is 0 Å². The van der Waals surface area contributed by atoms with Gasteiger partial charge in [0, 0.05) is 34.3 Å². The zero-order valence-corrected chi connectivity index (χ0v) is 14.1. The molecule has 0 aliphatic carbocycles. The highest BCUT2D eigenvalue weighted by Crippen LogP contribution is 2.35. The molecule has 0 spiro atoms. The number of nitrogens with zero attached hydrogens (tertiary/aromatic N) is 2. The van der Waals surface area contributed by atoms with Crippen molar-refractivity contribution in [2.75, 3.05) is 17.2 Å². The Morgan fingerprint density at radius 1 is 1.38 bits per heavy atom. The Morgan fingerprint density at radius 3 is 3.05 bits per heavy atom. The van der Waals surface area contributed by atoms with Crippen molar-refractivity contribution < 1.29 is 0 Å². The van der Waals surface area contributed by atoms with Crippen LogP contribution in [0.5, 0.6) is 0 Å². The van der Waals surface area contributed by atoms with E-state index >= 15 is 0 Å². The van der Waals surface area contributed by atoms with Gasteiger partial charge in [0.2, 0.25) is 0 Å². The van der Waals surface area contributed by atoms with Gasteiger partial charge in [0.05, 0.1) is 11.2 Å². The molecule has 2 N–H and O–H groups in total. The van der Waals surface area contributed by atoms with Crippen molar-refractivity contribution in [1.29, 1.82) is 0 Å². The molecule has 4 heteroatoms. The topological polar surface area (TPSA) is 42.1 Å². The molecular formula is C17H22BrN3. The Hall–Kier alpha value is -1.29. The standard InChI is InChI=1S/C17H22BrN3/c1-2-5-13-6-3-4-9-21(13)16-8-7-15(19)14-10-12(18)11-20-17(14)16/h7-8,10-11,13H,2-6,9,19H2,1H3. The first-order valence-electron chi connectivity index (χ1n) is 7.81. The first-order valence-corrected chi connectivity index (χ1v) is 8.60. The average Bonchev–Trinajstić information content (AvgIpc) is 2.49. The highest BCUT2D eigenvalue weighted by atomic mass is 79.9. The molecule has 3 rings (SSSR count). The Bertz CT molecular complexity index is 639. The van der Waals surface area contributed by atoms with Crippen LogP contribution >= 0.6 is 15.9 Å². The van der Waals surface area contributed by atoms with Crippen LogP contribution in [0.15, 0.2) is 28.9 Å². The van der Waals surface area contributed by atoms with Crippen molar-refractivity contribution in [2.24, 2.45) is 0 Å². The second-order valence-corrected chi connectivity index (χ2v) is 6.77. The molecule has 3 nitrogen and oxygen atoms in total. The molecule has 0 bridgehead atoms. The predicted octanol–water partition coefficient (Wildman–Crippen LogP) is 4.74. The van der Waals surface area contributed by atoms with Gasteiger partial charge in [-0.1, -0.05) is 13.3 Å². The summed E-state index contributed by atoms with van der Waals surface area (Å²) >= 11 is 3.49. The quantitative estimate of drug-likeness (QED) is 0.815. The summed E-state index contributed by atoms with van der Waals surface area (Å²) in [5, 5.41) is 1.04. The summed E-state index contributed by atoms with van der Waals surface area (Å²) in [5.41, 5.74) is 9.20. The molecule has 112 valence electrons. The number of anilines is 2. The van der Waals surface area contributed by atoms with Crippen molar-refractivity contribution in [3.05, 3.63) is 28.9 Å². The molecule has 2 heterocycles. The maximum atomic E-state index is 6.14. The molecule has 1 aliphatic rings. The smallest absolute Gasteiger partial charge is 0.0956 e. The molecule has 1 unspecified atom stereocenters. The van der Waals surface area contributed by atoms with Crippen LogP contribution in [-0.4, -0.2) is 17.6 Å². The third-order valence-corrected chi connectivity index (χ3v) is 4.82. The lowest BCUT2D eigenvalue weighted by atomic mass is 9.97. The number of halogens is 1. The molecular weight excluding hydrogens is 326 g/mol. The molecule has 1 saturated heterocycles. The van der Waals surface area contributed by atoms with Crippen LogP contribution in [0.4, 0.5) is 11.4 Å². The Balaban J connectivity index is 2.08. The lowest BCUT2D eigenvalue weighted by molar-refractivity contribution is 0.435. The predicted molar refractivity (Wildman–Crippen MR) is 93.7 cm³/mol. The highest BCUT2D eigenvalue weighted by molar-refractivity contribution is 9.10. The van der Waals surface area contributed by atoms with Crippen molar-refractivity contribution in [3.63, 3.8) is 0 Å². The van der Waals surface area contributed by atoms with Gasteiger partial charge >= 0.3 is 0 Å². The fourth-order valence-electron chi connectivity index (χ4n) is 3.38. The van der Waals surface area contributed by atoms with Crippen LogP contribution < -0.4 is 10.6 Å². The summed E-state index contributed by atoms with van der Waals surface area (Å²) in [6.07, 6.45) is 8.24. The summed E-state index contributed by atoms with van der Waals surface area (Å²) < 4.78 is 0.975. The monoisotopic (exact) mass is 347 g/mol. The molecule has 1 atom stereocenters. The van der Waals surface area contributed by atoms with Crippen molar-refractivity contribution in [1.82, 2.24) is 4.98 Å². The molecule has 1 aromatic heterocycles. The summed E-state index contributed by atoms with van der Waals surface area (Å²) in [6.45, 7) is 3.39. The van der Waals surface area contributed by atoms with Gasteiger partial charge in [0.15, 0.2) is 0 Å². The number of nitrogens with two attached hydrogens (primary N) is 1. The van der Waals surface area contributed by atoms with E-state index in [0.717, 1.165) is 27.6 Å². The third-order valence-electron chi connectivity index (χ3n) is 4.39. The van der Waals surface area contributed by atoms with E-state index in [9.17, 15) is 0 Å². The number of aromatic nitrogens is 1. The summed E-state index contributed by atoms with van der Waals surface area (Å²) in [4.78, 5) is 7.19. The summed E-state index contributed by atoms with van der Waals surface area (Å²) in [6, 6.07) is 6.87. The lowest BCUT2D eigenvalue weighted by Crippen LogP contribution is -2.39. The molecule has 21 heavy (non-hydrogen) atoms. The van der Waals surface area contributed by atoms with E-state index in [1.807, 2.05) is 12.3 Å². The molecule has 1 aromatic carbocycles. The van der Waals surface area contributed by atoms with E-state index in [2.05, 4.69) is 44.9 Å². The fourth-order valence-corrected chi connectivity index (χ4v) is 3.71. The third kappa shape index (κ3) is 2.86. The lowest BCUT2D eigenvalue weighted by Gasteiger charge is -2.38. The van der Waals surface area contributed by atoms with Gasteiger partial charge < -0.3 is 10.6 Å². The number of nitrogen functional groups attached to an aromatic ring is 1. The van der Waals surface area contributed by atoms with Crippen LogP contribution in [0.3, 0.4) is 0 Å². The second kappa shape index (κ2) is 6.22. The zero-order valence-electron chi connectivity index (χ0n) is 12.5.